The van der Waals surface area contributed by atoms with Crippen molar-refractivity contribution in [3.05, 3.63) is 59.7 Å². The Hall–Kier alpha value is -2.49. The van der Waals surface area contributed by atoms with E-state index in [1.54, 1.807) is 7.11 Å². The molecular weight excluding hydrogens is 256 g/mol. The number of carbonyl (C=O) groups is 1. The lowest BCUT2D eigenvalue weighted by molar-refractivity contribution is -0.129. The molecule has 0 atom stereocenters. The molecule has 20 heavy (non-hydrogen) atoms. The Bertz CT molecular complexity index is 549. The largest absolute Gasteiger partial charge is 0.497 e. The molecule has 2 aromatic carbocycles. The molecule has 0 bridgehead atoms. The molecular formula is C16H16O4. The minimum absolute atomic E-state index is 0.211. The van der Waals surface area contributed by atoms with Crippen molar-refractivity contribution in [1.82, 2.24) is 0 Å². The molecule has 0 saturated heterocycles. The average Bonchev–Trinajstić information content (AvgIpc) is 2.52. The Morgan fingerprint density at radius 1 is 1.00 bits per heavy atom. The van der Waals surface area contributed by atoms with Gasteiger partial charge in [-0.2, -0.15) is 0 Å². The standard InChI is InChI=1S/C16H16O4/c1-18-15-8-6-13(7-9-15)10-20-16-5-3-2-4-14(16)11-19-12-17/h2-9,12H,10-11H2,1H3. The Morgan fingerprint density at radius 3 is 2.45 bits per heavy atom. The quantitative estimate of drug-likeness (QED) is 0.727. The van der Waals surface area contributed by atoms with Gasteiger partial charge in [0.1, 0.15) is 24.7 Å². The predicted molar refractivity (Wildman–Crippen MR) is 74.6 cm³/mol. The van der Waals surface area contributed by atoms with E-state index in [4.69, 9.17) is 14.2 Å². The van der Waals surface area contributed by atoms with Crippen molar-refractivity contribution in [3.8, 4) is 11.5 Å². The normalized spacial score (nSPS) is 9.85. The third kappa shape index (κ3) is 3.75. The van der Waals surface area contributed by atoms with E-state index >= 15 is 0 Å². The first kappa shape index (κ1) is 13.9. The lowest BCUT2D eigenvalue weighted by Crippen LogP contribution is -2.00. The molecule has 0 spiro atoms. The summed E-state index contributed by atoms with van der Waals surface area (Å²) < 4.78 is 15.6. The molecule has 0 fully saturated rings. The van der Waals surface area contributed by atoms with E-state index in [-0.39, 0.29) is 6.61 Å². The van der Waals surface area contributed by atoms with Crippen molar-refractivity contribution in [3.63, 3.8) is 0 Å². The fraction of sp³-hybridized carbons (Fsp3) is 0.188. The maximum atomic E-state index is 10.3. The van der Waals surface area contributed by atoms with Crippen molar-refractivity contribution in [2.75, 3.05) is 7.11 Å². The number of para-hydroxylation sites is 1. The van der Waals surface area contributed by atoms with Gasteiger partial charge in [-0.3, -0.25) is 4.79 Å². The Labute approximate surface area is 117 Å². The summed E-state index contributed by atoms with van der Waals surface area (Å²) in [5.41, 5.74) is 1.88. The van der Waals surface area contributed by atoms with Crippen LogP contribution in [-0.4, -0.2) is 13.6 Å². The third-order valence-corrected chi connectivity index (χ3v) is 2.83. The summed E-state index contributed by atoms with van der Waals surface area (Å²) in [4.78, 5) is 10.3. The first-order valence-electron chi connectivity index (χ1n) is 6.22. The first-order valence-corrected chi connectivity index (χ1v) is 6.22. The van der Waals surface area contributed by atoms with Crippen LogP contribution in [0.1, 0.15) is 11.1 Å². The van der Waals surface area contributed by atoms with Gasteiger partial charge in [0.15, 0.2) is 0 Å². The van der Waals surface area contributed by atoms with Gasteiger partial charge in [0.05, 0.1) is 7.11 Å². The van der Waals surface area contributed by atoms with Gasteiger partial charge >= 0.3 is 0 Å². The molecule has 0 aromatic heterocycles. The van der Waals surface area contributed by atoms with Crippen molar-refractivity contribution in [1.29, 1.82) is 0 Å². The fourth-order valence-corrected chi connectivity index (χ4v) is 1.77. The minimum Gasteiger partial charge on any atom is -0.497 e. The summed E-state index contributed by atoms with van der Waals surface area (Å²) in [6.45, 7) is 1.09. The van der Waals surface area contributed by atoms with E-state index in [0.717, 1.165) is 16.9 Å². The summed E-state index contributed by atoms with van der Waals surface area (Å²) in [6.07, 6.45) is 0. The van der Waals surface area contributed by atoms with Gasteiger partial charge in [-0.05, 0) is 23.8 Å². The van der Waals surface area contributed by atoms with Crippen molar-refractivity contribution >= 4 is 6.47 Å². The molecule has 0 N–H and O–H groups in total. The van der Waals surface area contributed by atoms with E-state index in [0.29, 0.717) is 18.8 Å². The topological polar surface area (TPSA) is 44.8 Å². The molecule has 0 amide bonds. The maximum absolute atomic E-state index is 10.3. The molecule has 2 rings (SSSR count). The Balaban J connectivity index is 2.00. The van der Waals surface area contributed by atoms with Crippen LogP contribution in [0.4, 0.5) is 0 Å². The highest BCUT2D eigenvalue weighted by Crippen LogP contribution is 2.20. The lowest BCUT2D eigenvalue weighted by atomic mass is 10.2. The number of hydrogen-bond donors (Lipinski definition) is 0. The van der Waals surface area contributed by atoms with E-state index in [1.165, 1.54) is 0 Å². The second-order valence-corrected chi connectivity index (χ2v) is 4.15. The number of carbonyl (C=O) groups excluding carboxylic acids is 1. The number of benzene rings is 2. The molecule has 4 nitrogen and oxygen atoms in total. The Kier molecular flexibility index (Phi) is 5.00. The minimum atomic E-state index is 0.211. The Morgan fingerprint density at radius 2 is 1.75 bits per heavy atom. The molecule has 0 aliphatic heterocycles. The van der Waals surface area contributed by atoms with Gasteiger partial charge in [-0.15, -0.1) is 0 Å². The highest BCUT2D eigenvalue weighted by molar-refractivity contribution is 5.39. The highest BCUT2D eigenvalue weighted by atomic mass is 16.5. The molecule has 0 unspecified atom stereocenters. The highest BCUT2D eigenvalue weighted by Gasteiger charge is 2.04. The zero-order valence-corrected chi connectivity index (χ0v) is 11.2. The predicted octanol–water partition coefficient (Wildman–Crippen LogP) is 2.95. The number of rotatable bonds is 7. The van der Waals surface area contributed by atoms with Crippen molar-refractivity contribution in [2.45, 2.75) is 13.2 Å². The monoisotopic (exact) mass is 272 g/mol. The fourth-order valence-electron chi connectivity index (χ4n) is 1.77. The summed E-state index contributed by atoms with van der Waals surface area (Å²) in [7, 11) is 1.63. The van der Waals surface area contributed by atoms with Gasteiger partial charge in [-0.1, -0.05) is 30.3 Å². The molecule has 0 aliphatic carbocycles. The first-order chi connectivity index (χ1) is 9.83. The molecule has 2 aromatic rings. The van der Waals surface area contributed by atoms with Crippen LogP contribution in [0.25, 0.3) is 0 Å². The zero-order chi connectivity index (χ0) is 14.2. The smallest absolute Gasteiger partial charge is 0.293 e. The van der Waals surface area contributed by atoms with E-state index < -0.39 is 0 Å². The number of methoxy groups -OCH3 is 1. The van der Waals surface area contributed by atoms with Crippen LogP contribution >= 0.6 is 0 Å². The molecule has 4 heteroatoms. The van der Waals surface area contributed by atoms with Crippen LogP contribution in [0.15, 0.2) is 48.5 Å². The SMILES string of the molecule is COc1ccc(COc2ccccc2COC=O)cc1. The number of ether oxygens (including phenoxy) is 3. The third-order valence-electron chi connectivity index (χ3n) is 2.83. The van der Waals surface area contributed by atoms with Crippen molar-refractivity contribution < 1.29 is 19.0 Å². The van der Waals surface area contributed by atoms with E-state index in [9.17, 15) is 4.79 Å². The second-order valence-electron chi connectivity index (χ2n) is 4.15. The van der Waals surface area contributed by atoms with Gasteiger partial charge in [0.25, 0.3) is 6.47 Å². The summed E-state index contributed by atoms with van der Waals surface area (Å²) in [6, 6.07) is 15.2. The van der Waals surface area contributed by atoms with Crippen LogP contribution in [-0.2, 0) is 22.7 Å². The molecule has 0 heterocycles. The van der Waals surface area contributed by atoms with Gasteiger partial charge in [0.2, 0.25) is 0 Å². The number of hydrogen-bond acceptors (Lipinski definition) is 4. The maximum Gasteiger partial charge on any atom is 0.293 e. The molecule has 0 radical (unpaired) electrons. The van der Waals surface area contributed by atoms with Gasteiger partial charge in [0, 0.05) is 5.56 Å². The molecule has 0 aliphatic rings. The van der Waals surface area contributed by atoms with Crippen LogP contribution < -0.4 is 9.47 Å². The van der Waals surface area contributed by atoms with E-state index in [2.05, 4.69) is 0 Å². The lowest BCUT2D eigenvalue weighted by Gasteiger charge is -2.11. The van der Waals surface area contributed by atoms with Crippen LogP contribution in [0, 0.1) is 0 Å². The van der Waals surface area contributed by atoms with Crippen LogP contribution in [0.3, 0.4) is 0 Å². The van der Waals surface area contributed by atoms with E-state index in [1.807, 2.05) is 48.5 Å². The zero-order valence-electron chi connectivity index (χ0n) is 11.2. The molecule has 104 valence electrons. The van der Waals surface area contributed by atoms with Crippen LogP contribution in [0.2, 0.25) is 0 Å². The molecule has 0 saturated carbocycles. The van der Waals surface area contributed by atoms with Crippen molar-refractivity contribution in [2.24, 2.45) is 0 Å². The summed E-state index contributed by atoms with van der Waals surface area (Å²) in [5, 5.41) is 0. The summed E-state index contributed by atoms with van der Waals surface area (Å²) in [5.74, 6) is 1.53. The van der Waals surface area contributed by atoms with Crippen LogP contribution in [0.5, 0.6) is 11.5 Å². The summed E-state index contributed by atoms with van der Waals surface area (Å²) >= 11 is 0. The average molecular weight is 272 g/mol. The van der Waals surface area contributed by atoms with Gasteiger partial charge < -0.3 is 14.2 Å². The van der Waals surface area contributed by atoms with Gasteiger partial charge in [-0.25, -0.2) is 0 Å². The second kappa shape index (κ2) is 7.19.